The number of amides is 1. The summed E-state index contributed by atoms with van der Waals surface area (Å²) in [5, 5.41) is 3.74. The second kappa shape index (κ2) is 8.59. The van der Waals surface area contributed by atoms with Crippen LogP contribution >= 0.6 is 22.9 Å². The van der Waals surface area contributed by atoms with E-state index in [1.807, 2.05) is 24.3 Å². The first-order valence-corrected chi connectivity index (χ1v) is 9.86. The quantitative estimate of drug-likeness (QED) is 0.565. The molecular formula is C20H21ClN2O3S. The van der Waals surface area contributed by atoms with Crippen molar-refractivity contribution in [1.82, 2.24) is 4.98 Å². The van der Waals surface area contributed by atoms with Crippen LogP contribution in [0.4, 0.5) is 5.13 Å². The second-order valence-corrected chi connectivity index (χ2v) is 7.63. The van der Waals surface area contributed by atoms with E-state index in [-0.39, 0.29) is 12.5 Å². The van der Waals surface area contributed by atoms with Crippen LogP contribution in [0.15, 0.2) is 36.4 Å². The predicted molar refractivity (Wildman–Crippen MR) is 110 cm³/mol. The lowest BCUT2D eigenvalue weighted by Gasteiger charge is -2.10. The minimum absolute atomic E-state index is 0.0807. The van der Waals surface area contributed by atoms with Gasteiger partial charge < -0.3 is 9.47 Å². The van der Waals surface area contributed by atoms with E-state index in [1.165, 1.54) is 16.9 Å². The van der Waals surface area contributed by atoms with Crippen molar-refractivity contribution < 1.29 is 14.3 Å². The maximum atomic E-state index is 12.2. The predicted octanol–water partition coefficient (Wildman–Crippen LogP) is 5.49. The highest BCUT2D eigenvalue weighted by Crippen LogP contribution is 2.34. The fourth-order valence-electron chi connectivity index (χ4n) is 2.57. The number of fused-ring (bicyclic) bond motifs is 1. The molecule has 0 bridgehead atoms. The van der Waals surface area contributed by atoms with Crippen molar-refractivity contribution in [2.75, 3.05) is 19.0 Å². The van der Waals surface area contributed by atoms with Crippen molar-refractivity contribution in [2.24, 2.45) is 0 Å². The summed E-state index contributed by atoms with van der Waals surface area (Å²) in [6.45, 7) is 4.26. The third-order valence-corrected chi connectivity index (χ3v) is 5.57. The summed E-state index contributed by atoms with van der Waals surface area (Å²) < 4.78 is 11.6. The maximum Gasteiger partial charge on any atom is 0.264 e. The van der Waals surface area contributed by atoms with Crippen LogP contribution in [0.3, 0.4) is 0 Å². The minimum atomic E-state index is -0.266. The van der Waals surface area contributed by atoms with E-state index >= 15 is 0 Å². The number of halogens is 1. The summed E-state index contributed by atoms with van der Waals surface area (Å²) >= 11 is 7.46. The van der Waals surface area contributed by atoms with Gasteiger partial charge in [-0.1, -0.05) is 48.9 Å². The number of benzene rings is 2. The highest BCUT2D eigenvalue weighted by Gasteiger charge is 2.12. The van der Waals surface area contributed by atoms with Gasteiger partial charge in [0.15, 0.2) is 11.7 Å². The van der Waals surface area contributed by atoms with Gasteiger partial charge in [0.1, 0.15) is 11.5 Å². The van der Waals surface area contributed by atoms with Crippen LogP contribution in [-0.2, 0) is 4.79 Å². The molecule has 3 rings (SSSR count). The second-order valence-electron chi connectivity index (χ2n) is 6.19. The molecule has 0 saturated carbocycles. The average Bonchev–Trinajstić information content (AvgIpc) is 3.06. The van der Waals surface area contributed by atoms with Crippen LogP contribution in [0.1, 0.15) is 31.7 Å². The third-order valence-electron chi connectivity index (χ3n) is 4.34. The monoisotopic (exact) mass is 404 g/mol. The summed E-state index contributed by atoms with van der Waals surface area (Å²) in [6, 6.07) is 11.4. The largest absolute Gasteiger partial charge is 0.495 e. The molecule has 27 heavy (non-hydrogen) atoms. The Hall–Kier alpha value is -2.31. The molecule has 0 aliphatic heterocycles. The molecule has 0 aliphatic rings. The Morgan fingerprint density at radius 2 is 2.04 bits per heavy atom. The summed E-state index contributed by atoms with van der Waals surface area (Å²) in [7, 11) is 1.56. The summed E-state index contributed by atoms with van der Waals surface area (Å²) in [4.78, 5) is 16.5. The molecule has 1 atom stereocenters. The Bertz CT molecular complexity index is 940. The molecule has 7 heteroatoms. The van der Waals surface area contributed by atoms with Gasteiger partial charge in [0, 0.05) is 6.07 Å². The zero-order valence-electron chi connectivity index (χ0n) is 15.4. The molecule has 1 aromatic heterocycles. The summed E-state index contributed by atoms with van der Waals surface area (Å²) in [5.74, 6) is 1.49. The minimum Gasteiger partial charge on any atom is -0.495 e. The molecule has 1 amide bonds. The van der Waals surface area contributed by atoms with Crippen LogP contribution < -0.4 is 14.8 Å². The number of anilines is 1. The van der Waals surface area contributed by atoms with E-state index in [4.69, 9.17) is 21.1 Å². The molecule has 3 aromatic rings. The van der Waals surface area contributed by atoms with Crippen molar-refractivity contribution in [3.8, 4) is 11.5 Å². The Labute approximate surface area is 167 Å². The number of methoxy groups -OCH3 is 1. The van der Waals surface area contributed by atoms with Gasteiger partial charge >= 0.3 is 0 Å². The maximum absolute atomic E-state index is 12.2. The molecule has 2 aromatic carbocycles. The number of nitrogens with zero attached hydrogens (tertiary/aromatic N) is 1. The van der Waals surface area contributed by atoms with Gasteiger partial charge in [0.05, 0.1) is 22.3 Å². The molecule has 1 N–H and O–H groups in total. The van der Waals surface area contributed by atoms with Crippen LogP contribution in [0.5, 0.6) is 11.5 Å². The van der Waals surface area contributed by atoms with E-state index in [0.717, 1.165) is 11.1 Å². The van der Waals surface area contributed by atoms with Crippen LogP contribution in [0.25, 0.3) is 10.2 Å². The Balaban J connectivity index is 1.60. The van der Waals surface area contributed by atoms with E-state index in [9.17, 15) is 4.79 Å². The first kappa shape index (κ1) is 19.5. The van der Waals surface area contributed by atoms with E-state index in [1.54, 1.807) is 19.2 Å². The molecule has 0 spiro atoms. The van der Waals surface area contributed by atoms with Crippen molar-refractivity contribution in [2.45, 2.75) is 26.2 Å². The molecular weight excluding hydrogens is 384 g/mol. The lowest BCUT2D eigenvalue weighted by atomic mass is 9.99. The molecule has 5 nitrogen and oxygen atoms in total. The van der Waals surface area contributed by atoms with Crippen molar-refractivity contribution >= 4 is 44.2 Å². The van der Waals surface area contributed by atoms with Crippen LogP contribution in [-0.4, -0.2) is 24.6 Å². The number of carbonyl (C=O) groups excluding carboxylic acids is 1. The van der Waals surface area contributed by atoms with E-state index in [2.05, 4.69) is 24.1 Å². The number of thiazole rings is 1. The topological polar surface area (TPSA) is 60.5 Å². The van der Waals surface area contributed by atoms with Crippen LogP contribution in [0.2, 0.25) is 5.02 Å². The molecule has 1 heterocycles. The van der Waals surface area contributed by atoms with Gasteiger partial charge in [-0.3, -0.25) is 10.1 Å². The lowest BCUT2D eigenvalue weighted by Crippen LogP contribution is -2.20. The number of carbonyl (C=O) groups is 1. The number of aromatic nitrogens is 1. The first-order valence-electron chi connectivity index (χ1n) is 8.66. The van der Waals surface area contributed by atoms with E-state index in [0.29, 0.717) is 33.1 Å². The molecule has 0 aliphatic carbocycles. The number of nitrogens with one attached hydrogen (secondary N) is 1. The molecule has 0 saturated heterocycles. The molecule has 0 radical (unpaired) electrons. The van der Waals surface area contributed by atoms with Gasteiger partial charge in [-0.25, -0.2) is 4.98 Å². The van der Waals surface area contributed by atoms with Gasteiger partial charge in [0.25, 0.3) is 5.91 Å². The van der Waals surface area contributed by atoms with Gasteiger partial charge in [-0.05, 0) is 36.1 Å². The highest BCUT2D eigenvalue weighted by atomic mass is 35.5. The van der Waals surface area contributed by atoms with Crippen LogP contribution in [0, 0.1) is 0 Å². The normalized spacial score (nSPS) is 12.0. The first-order chi connectivity index (χ1) is 13.0. The zero-order chi connectivity index (χ0) is 19.4. The van der Waals surface area contributed by atoms with Crippen molar-refractivity contribution in [1.29, 1.82) is 0 Å². The SMILES string of the molecule is CC[C@@H](C)c1ccc(OCC(=O)Nc2nc3cc(Cl)c(OC)cc3s2)cc1. The summed E-state index contributed by atoms with van der Waals surface area (Å²) in [5.41, 5.74) is 1.97. The number of ether oxygens (including phenoxy) is 2. The highest BCUT2D eigenvalue weighted by molar-refractivity contribution is 7.22. The fraction of sp³-hybridized carbons (Fsp3) is 0.300. The molecule has 0 unspecified atom stereocenters. The smallest absolute Gasteiger partial charge is 0.264 e. The number of rotatable bonds is 7. The number of hydrogen-bond donors (Lipinski definition) is 1. The zero-order valence-corrected chi connectivity index (χ0v) is 17.0. The summed E-state index contributed by atoms with van der Waals surface area (Å²) in [6.07, 6.45) is 1.09. The lowest BCUT2D eigenvalue weighted by molar-refractivity contribution is -0.118. The van der Waals surface area contributed by atoms with Gasteiger partial charge in [-0.15, -0.1) is 0 Å². The molecule has 0 fully saturated rings. The average molecular weight is 405 g/mol. The van der Waals surface area contributed by atoms with Crippen molar-refractivity contribution in [3.05, 3.63) is 47.0 Å². The van der Waals surface area contributed by atoms with Gasteiger partial charge in [0.2, 0.25) is 0 Å². The number of hydrogen-bond acceptors (Lipinski definition) is 5. The van der Waals surface area contributed by atoms with E-state index < -0.39 is 0 Å². The van der Waals surface area contributed by atoms with Gasteiger partial charge in [-0.2, -0.15) is 0 Å². The molecule has 142 valence electrons. The third kappa shape index (κ3) is 4.70. The van der Waals surface area contributed by atoms with Crippen molar-refractivity contribution in [3.63, 3.8) is 0 Å². The standard InChI is InChI=1S/C20H21ClN2O3S/c1-4-12(2)13-5-7-14(8-6-13)26-11-19(24)23-20-22-16-9-15(21)17(25-3)10-18(16)27-20/h5-10,12H,4,11H2,1-3H3,(H,22,23,24)/t12-/m1/s1. The Kier molecular flexibility index (Phi) is 6.19. The Morgan fingerprint density at radius 3 is 2.70 bits per heavy atom. The Morgan fingerprint density at radius 1 is 1.30 bits per heavy atom. The fourth-order valence-corrected chi connectivity index (χ4v) is 3.70.